The average Bonchev–Trinajstić information content (AvgIpc) is 2.66. The molecule has 0 bridgehead atoms. The van der Waals surface area contributed by atoms with Crippen LogP contribution in [0.3, 0.4) is 0 Å². The van der Waals surface area contributed by atoms with Crippen LogP contribution in [0.5, 0.6) is 0 Å². The number of hydrogen-bond donors (Lipinski definition) is 1. The molecule has 0 aromatic heterocycles. The van der Waals surface area contributed by atoms with Crippen LogP contribution in [0.15, 0.2) is 0 Å². The Morgan fingerprint density at radius 2 is 1.41 bits per heavy atom. The van der Waals surface area contributed by atoms with Crippen molar-refractivity contribution in [2.45, 2.75) is 128 Å². The van der Waals surface area contributed by atoms with Crippen LogP contribution in [0.2, 0.25) is 0 Å². The Hall–Kier alpha value is -0.650. The molecule has 0 aromatic rings. The van der Waals surface area contributed by atoms with Gasteiger partial charge in [-0.05, 0) is 40.3 Å². The van der Waals surface area contributed by atoms with Crippen molar-refractivity contribution < 1.29 is 19.4 Å². The van der Waals surface area contributed by atoms with Crippen molar-refractivity contribution in [3.05, 3.63) is 0 Å². The van der Waals surface area contributed by atoms with Crippen LogP contribution < -0.4 is 0 Å². The van der Waals surface area contributed by atoms with Gasteiger partial charge < -0.3 is 19.5 Å². The summed E-state index contributed by atoms with van der Waals surface area (Å²) in [7, 11) is 4.08. The quantitative estimate of drug-likeness (QED) is 0.637. The number of aliphatic carboxylic acids is 1. The molecule has 0 spiro atoms. The van der Waals surface area contributed by atoms with E-state index in [4.69, 9.17) is 9.47 Å². The molecule has 5 nitrogen and oxygen atoms in total. The molecule has 29 heavy (non-hydrogen) atoms. The van der Waals surface area contributed by atoms with Gasteiger partial charge in [0.2, 0.25) is 0 Å². The van der Waals surface area contributed by atoms with Crippen LogP contribution in [-0.4, -0.2) is 54.6 Å². The van der Waals surface area contributed by atoms with Gasteiger partial charge in [0.1, 0.15) is 0 Å². The van der Waals surface area contributed by atoms with E-state index in [2.05, 4.69) is 11.8 Å². The third-order valence-corrected chi connectivity index (χ3v) is 6.74. The van der Waals surface area contributed by atoms with Gasteiger partial charge in [-0.15, -0.1) is 0 Å². The summed E-state index contributed by atoms with van der Waals surface area (Å²) >= 11 is 0. The summed E-state index contributed by atoms with van der Waals surface area (Å²) in [6, 6.07) is 0.179. The Kier molecular flexibility index (Phi) is 11.6. The number of carboxylic acid groups (broad SMARTS) is 1. The minimum atomic E-state index is -0.764. The summed E-state index contributed by atoms with van der Waals surface area (Å²) in [5.74, 6) is -0.883. The van der Waals surface area contributed by atoms with Gasteiger partial charge in [0.25, 0.3) is 0 Å². The maximum Gasteiger partial charge on any atom is 0.303 e. The molecule has 1 aliphatic carbocycles. The molecule has 2 fully saturated rings. The Labute approximate surface area is 178 Å². The van der Waals surface area contributed by atoms with E-state index in [9.17, 15) is 9.90 Å². The van der Waals surface area contributed by atoms with Crippen molar-refractivity contribution in [3.8, 4) is 0 Å². The lowest BCUT2D eigenvalue weighted by molar-refractivity contribution is -0.253. The number of carbonyl (C=O) groups is 1. The Bertz CT molecular complexity index is 442. The fraction of sp³-hybridized carbons (Fsp3) is 0.958. The number of hydrogen-bond acceptors (Lipinski definition) is 4. The van der Waals surface area contributed by atoms with Crippen LogP contribution >= 0.6 is 0 Å². The van der Waals surface area contributed by atoms with E-state index >= 15 is 0 Å². The second-order valence-electron chi connectivity index (χ2n) is 9.57. The minimum Gasteiger partial charge on any atom is -0.481 e. The lowest BCUT2D eigenvalue weighted by atomic mass is 9.87. The number of nitrogens with zero attached hydrogens (tertiary/aromatic N) is 1. The van der Waals surface area contributed by atoms with Gasteiger partial charge in [-0.3, -0.25) is 4.79 Å². The zero-order chi connectivity index (χ0) is 21.1. The maximum atomic E-state index is 11.5. The van der Waals surface area contributed by atoms with Gasteiger partial charge in [0, 0.05) is 12.0 Å². The summed E-state index contributed by atoms with van der Waals surface area (Å²) in [4.78, 5) is 13.7. The largest absolute Gasteiger partial charge is 0.481 e. The fourth-order valence-corrected chi connectivity index (χ4v) is 5.05. The van der Waals surface area contributed by atoms with Crippen molar-refractivity contribution >= 4 is 5.97 Å². The molecule has 4 unspecified atom stereocenters. The molecule has 1 heterocycles. The van der Waals surface area contributed by atoms with E-state index < -0.39 is 12.3 Å². The number of rotatable bonds is 5. The van der Waals surface area contributed by atoms with Gasteiger partial charge in [0.15, 0.2) is 6.29 Å². The van der Waals surface area contributed by atoms with Crippen molar-refractivity contribution in [3.63, 3.8) is 0 Å². The maximum absolute atomic E-state index is 11.5. The van der Waals surface area contributed by atoms with E-state index in [0.717, 1.165) is 19.3 Å². The second-order valence-corrected chi connectivity index (χ2v) is 9.57. The molecule has 0 aromatic carbocycles. The fourth-order valence-electron chi connectivity index (χ4n) is 5.05. The highest BCUT2D eigenvalue weighted by Gasteiger charge is 2.41. The van der Waals surface area contributed by atoms with Gasteiger partial charge in [-0.1, -0.05) is 70.6 Å². The third-order valence-electron chi connectivity index (χ3n) is 6.74. The van der Waals surface area contributed by atoms with E-state index in [-0.39, 0.29) is 30.6 Å². The van der Waals surface area contributed by atoms with Crippen LogP contribution in [0, 0.1) is 5.92 Å². The van der Waals surface area contributed by atoms with E-state index in [0.29, 0.717) is 0 Å². The monoisotopic (exact) mass is 411 g/mol. The van der Waals surface area contributed by atoms with E-state index in [1.165, 1.54) is 70.6 Å². The van der Waals surface area contributed by atoms with Crippen LogP contribution in [0.1, 0.15) is 103 Å². The first-order chi connectivity index (χ1) is 14.0. The molecule has 170 valence electrons. The lowest BCUT2D eigenvalue weighted by Gasteiger charge is -2.44. The molecular formula is C24H45NO4. The second kappa shape index (κ2) is 13.6. The smallest absolute Gasteiger partial charge is 0.303 e. The van der Waals surface area contributed by atoms with Crippen molar-refractivity contribution in [2.75, 3.05) is 14.1 Å². The van der Waals surface area contributed by atoms with Gasteiger partial charge in [-0.2, -0.15) is 0 Å². The highest BCUT2D eigenvalue weighted by atomic mass is 16.7. The molecule has 0 amide bonds. The summed E-state index contributed by atoms with van der Waals surface area (Å²) in [6.45, 7) is 2.08. The molecule has 1 saturated heterocycles. The zero-order valence-corrected chi connectivity index (χ0v) is 19.1. The molecule has 1 aliphatic heterocycles. The Morgan fingerprint density at radius 3 is 1.86 bits per heavy atom. The van der Waals surface area contributed by atoms with Crippen molar-refractivity contribution in [1.29, 1.82) is 0 Å². The van der Waals surface area contributed by atoms with Gasteiger partial charge in [-0.25, -0.2) is 0 Å². The standard InChI is InChI=1S/C24H45NO4/c1-19-17-22(25(2)3)21(18-23(26)27)24(28-19)29-20-15-13-11-9-7-5-4-6-8-10-12-14-16-20/h19-22,24H,4-18H2,1-3H3,(H,26,27). The Morgan fingerprint density at radius 1 is 0.931 bits per heavy atom. The first-order valence-corrected chi connectivity index (χ1v) is 12.2. The molecule has 4 atom stereocenters. The highest BCUT2D eigenvalue weighted by molar-refractivity contribution is 5.67. The summed E-state index contributed by atoms with van der Waals surface area (Å²) in [5.41, 5.74) is 0. The first-order valence-electron chi connectivity index (χ1n) is 12.2. The normalized spacial score (nSPS) is 32.0. The van der Waals surface area contributed by atoms with Gasteiger partial charge in [0.05, 0.1) is 18.6 Å². The SMILES string of the molecule is CC1CC(N(C)C)C(CC(=O)O)C(OC2CCCCCCCCCCCCC2)O1. The van der Waals surface area contributed by atoms with Gasteiger partial charge >= 0.3 is 5.97 Å². The molecule has 1 saturated carbocycles. The summed E-state index contributed by atoms with van der Waals surface area (Å²) < 4.78 is 12.7. The number of ether oxygens (including phenoxy) is 2. The first kappa shape index (κ1) is 24.6. The predicted octanol–water partition coefficient (Wildman–Crippen LogP) is 5.61. The average molecular weight is 412 g/mol. The minimum absolute atomic E-state index is 0.0935. The molecular weight excluding hydrogens is 366 g/mol. The zero-order valence-electron chi connectivity index (χ0n) is 19.1. The van der Waals surface area contributed by atoms with E-state index in [1.807, 2.05) is 14.1 Å². The van der Waals surface area contributed by atoms with Crippen molar-refractivity contribution in [1.82, 2.24) is 4.90 Å². The van der Waals surface area contributed by atoms with Crippen LogP contribution in [0.25, 0.3) is 0 Å². The van der Waals surface area contributed by atoms with Crippen LogP contribution in [-0.2, 0) is 14.3 Å². The molecule has 2 rings (SSSR count). The summed E-state index contributed by atoms with van der Waals surface area (Å²) in [5, 5.41) is 9.48. The molecule has 1 N–H and O–H groups in total. The van der Waals surface area contributed by atoms with Crippen molar-refractivity contribution in [2.24, 2.45) is 5.92 Å². The Balaban J connectivity index is 1.99. The summed E-state index contributed by atoms with van der Waals surface area (Å²) in [6.07, 6.45) is 17.5. The lowest BCUT2D eigenvalue weighted by Crippen LogP contribution is -2.52. The predicted molar refractivity (Wildman–Crippen MR) is 117 cm³/mol. The molecule has 0 radical (unpaired) electrons. The van der Waals surface area contributed by atoms with Crippen LogP contribution in [0.4, 0.5) is 0 Å². The molecule has 5 heteroatoms. The molecule has 2 aliphatic rings. The number of carboxylic acids is 1. The highest BCUT2D eigenvalue weighted by Crippen LogP contribution is 2.33. The third kappa shape index (κ3) is 9.35. The topological polar surface area (TPSA) is 59.0 Å². The van der Waals surface area contributed by atoms with E-state index in [1.54, 1.807) is 0 Å².